The predicted octanol–water partition coefficient (Wildman–Crippen LogP) is 2.52. The third-order valence-electron chi connectivity index (χ3n) is 2.49. The molecule has 19 heavy (non-hydrogen) atoms. The second kappa shape index (κ2) is 6.42. The molecule has 0 heterocycles. The average Bonchev–Trinajstić information content (AvgIpc) is 2.35. The molecule has 106 valence electrons. The largest absolute Gasteiger partial charge is 0.416 e. The van der Waals surface area contributed by atoms with Gasteiger partial charge in [-0.1, -0.05) is 6.07 Å². The van der Waals surface area contributed by atoms with Crippen LogP contribution in [0.1, 0.15) is 12.0 Å². The van der Waals surface area contributed by atoms with Crippen molar-refractivity contribution in [1.82, 2.24) is 4.90 Å². The lowest BCUT2D eigenvalue weighted by molar-refractivity contribution is -0.137. The predicted molar refractivity (Wildman–Crippen MR) is 66.8 cm³/mol. The highest BCUT2D eigenvalue weighted by atomic mass is 19.4. The van der Waals surface area contributed by atoms with Crippen LogP contribution in [0.2, 0.25) is 0 Å². The first-order valence-corrected chi connectivity index (χ1v) is 5.74. The number of anilines is 1. The van der Waals surface area contributed by atoms with Crippen molar-refractivity contribution >= 4 is 11.7 Å². The number of carbonyl (C=O) groups is 1. The molecule has 0 spiro atoms. The molecule has 0 atom stereocenters. The van der Waals surface area contributed by atoms with Crippen LogP contribution in [-0.2, 0) is 6.18 Å². The van der Waals surface area contributed by atoms with Crippen molar-refractivity contribution in [2.24, 2.45) is 5.73 Å². The quantitative estimate of drug-likeness (QED) is 0.887. The highest BCUT2D eigenvalue weighted by Gasteiger charge is 2.30. The van der Waals surface area contributed by atoms with Gasteiger partial charge in [0.25, 0.3) is 0 Å². The number of nitrogens with two attached hydrogens (primary N) is 1. The van der Waals surface area contributed by atoms with Crippen molar-refractivity contribution in [3.05, 3.63) is 29.8 Å². The van der Waals surface area contributed by atoms with Crippen molar-refractivity contribution in [3.8, 4) is 0 Å². The Balaban J connectivity index is 2.69. The Hall–Kier alpha value is -1.76. The van der Waals surface area contributed by atoms with Crippen LogP contribution >= 0.6 is 0 Å². The van der Waals surface area contributed by atoms with Crippen molar-refractivity contribution in [1.29, 1.82) is 0 Å². The molecule has 1 rings (SSSR count). The van der Waals surface area contributed by atoms with Crippen LogP contribution in [-0.4, -0.2) is 31.1 Å². The van der Waals surface area contributed by atoms with Crippen molar-refractivity contribution in [2.45, 2.75) is 12.6 Å². The molecule has 0 radical (unpaired) electrons. The van der Waals surface area contributed by atoms with Gasteiger partial charge in [0.15, 0.2) is 0 Å². The average molecular weight is 275 g/mol. The molecular formula is C12H16F3N3O. The minimum absolute atomic E-state index is 0.111. The van der Waals surface area contributed by atoms with E-state index in [9.17, 15) is 18.0 Å². The summed E-state index contributed by atoms with van der Waals surface area (Å²) >= 11 is 0. The van der Waals surface area contributed by atoms with E-state index in [2.05, 4.69) is 5.32 Å². The van der Waals surface area contributed by atoms with E-state index in [0.29, 0.717) is 19.5 Å². The van der Waals surface area contributed by atoms with Crippen molar-refractivity contribution < 1.29 is 18.0 Å². The number of alkyl halides is 3. The van der Waals surface area contributed by atoms with E-state index in [0.717, 1.165) is 12.1 Å². The highest BCUT2D eigenvalue weighted by Crippen LogP contribution is 2.30. The molecule has 4 nitrogen and oxygen atoms in total. The fourth-order valence-electron chi connectivity index (χ4n) is 1.42. The zero-order valence-corrected chi connectivity index (χ0v) is 10.5. The molecule has 0 aliphatic heterocycles. The third-order valence-corrected chi connectivity index (χ3v) is 2.49. The molecule has 1 aromatic carbocycles. The monoisotopic (exact) mass is 275 g/mol. The summed E-state index contributed by atoms with van der Waals surface area (Å²) in [5, 5.41) is 2.41. The van der Waals surface area contributed by atoms with Gasteiger partial charge in [-0.25, -0.2) is 4.79 Å². The number of benzene rings is 1. The summed E-state index contributed by atoms with van der Waals surface area (Å²) in [5.41, 5.74) is 4.63. The van der Waals surface area contributed by atoms with Gasteiger partial charge in [0.1, 0.15) is 0 Å². The summed E-state index contributed by atoms with van der Waals surface area (Å²) in [5.74, 6) is 0. The van der Waals surface area contributed by atoms with Crippen molar-refractivity contribution in [3.63, 3.8) is 0 Å². The molecule has 0 fully saturated rings. The summed E-state index contributed by atoms with van der Waals surface area (Å²) in [6.45, 7) is 0.891. The Labute approximate surface area is 109 Å². The zero-order valence-electron chi connectivity index (χ0n) is 10.5. The summed E-state index contributed by atoms with van der Waals surface area (Å²) in [6.07, 6.45) is -3.79. The smallest absolute Gasteiger partial charge is 0.330 e. The van der Waals surface area contributed by atoms with Crippen LogP contribution < -0.4 is 11.1 Å². The Bertz CT molecular complexity index is 434. The minimum atomic E-state index is -4.42. The second-order valence-electron chi connectivity index (χ2n) is 4.07. The number of halogens is 3. The fourth-order valence-corrected chi connectivity index (χ4v) is 1.42. The van der Waals surface area contributed by atoms with Gasteiger partial charge in [-0.2, -0.15) is 13.2 Å². The maximum Gasteiger partial charge on any atom is 0.416 e. The molecule has 0 aliphatic carbocycles. The molecule has 0 aliphatic rings. The Morgan fingerprint density at radius 2 is 2.11 bits per heavy atom. The van der Waals surface area contributed by atoms with Crippen LogP contribution in [0.5, 0.6) is 0 Å². The molecule has 0 bridgehead atoms. The molecule has 3 N–H and O–H groups in total. The minimum Gasteiger partial charge on any atom is -0.330 e. The van der Waals surface area contributed by atoms with Gasteiger partial charge in [-0.3, -0.25) is 0 Å². The molecule has 1 aromatic rings. The molecule has 0 aromatic heterocycles. The van der Waals surface area contributed by atoms with Gasteiger partial charge in [0, 0.05) is 19.3 Å². The number of urea groups is 1. The molecule has 0 saturated carbocycles. The normalized spacial score (nSPS) is 11.2. The summed E-state index contributed by atoms with van der Waals surface area (Å²) in [6, 6.07) is 4.04. The van der Waals surface area contributed by atoms with Gasteiger partial charge in [-0.15, -0.1) is 0 Å². The number of hydrogen-bond donors (Lipinski definition) is 2. The molecule has 7 heteroatoms. The first-order chi connectivity index (χ1) is 8.84. The topological polar surface area (TPSA) is 58.4 Å². The van der Waals surface area contributed by atoms with Crippen LogP contribution in [0.3, 0.4) is 0 Å². The van der Waals surface area contributed by atoms with Gasteiger partial charge in [0.05, 0.1) is 5.56 Å². The number of rotatable bonds is 4. The van der Waals surface area contributed by atoms with E-state index >= 15 is 0 Å². The number of amides is 2. The number of nitrogens with zero attached hydrogens (tertiary/aromatic N) is 1. The van der Waals surface area contributed by atoms with Gasteiger partial charge in [0.2, 0.25) is 0 Å². The number of hydrogen-bond acceptors (Lipinski definition) is 2. The Kier molecular flexibility index (Phi) is 5.17. The lowest BCUT2D eigenvalue weighted by atomic mass is 10.2. The second-order valence-corrected chi connectivity index (χ2v) is 4.07. The maximum atomic E-state index is 12.5. The van der Waals surface area contributed by atoms with Crippen LogP contribution in [0, 0.1) is 0 Å². The molecule has 0 unspecified atom stereocenters. The van der Waals surface area contributed by atoms with E-state index in [4.69, 9.17) is 5.73 Å². The third kappa shape index (κ3) is 4.78. The number of nitrogens with one attached hydrogen (secondary N) is 1. The summed E-state index contributed by atoms with van der Waals surface area (Å²) in [7, 11) is 1.55. The van der Waals surface area contributed by atoms with E-state index < -0.39 is 17.8 Å². The lowest BCUT2D eigenvalue weighted by Gasteiger charge is -2.18. The van der Waals surface area contributed by atoms with Crippen LogP contribution in [0.15, 0.2) is 24.3 Å². The summed E-state index contributed by atoms with van der Waals surface area (Å²) in [4.78, 5) is 13.0. The van der Waals surface area contributed by atoms with E-state index in [-0.39, 0.29) is 5.69 Å². The van der Waals surface area contributed by atoms with E-state index in [1.165, 1.54) is 17.0 Å². The molecule has 0 saturated heterocycles. The Morgan fingerprint density at radius 3 is 2.68 bits per heavy atom. The maximum absolute atomic E-state index is 12.5. The standard InChI is InChI=1S/C12H16F3N3O/c1-18(7-3-6-16)11(19)17-10-5-2-4-9(8-10)12(13,14)15/h2,4-5,8H,3,6-7,16H2,1H3,(H,17,19). The molecular weight excluding hydrogens is 259 g/mol. The SMILES string of the molecule is CN(CCCN)C(=O)Nc1cccc(C(F)(F)F)c1. The van der Waals surface area contributed by atoms with E-state index in [1.54, 1.807) is 7.05 Å². The van der Waals surface area contributed by atoms with Gasteiger partial charge < -0.3 is 16.0 Å². The van der Waals surface area contributed by atoms with Gasteiger partial charge in [-0.05, 0) is 31.2 Å². The van der Waals surface area contributed by atoms with E-state index in [1.807, 2.05) is 0 Å². The van der Waals surface area contributed by atoms with Crippen molar-refractivity contribution in [2.75, 3.05) is 25.5 Å². The first kappa shape index (κ1) is 15.3. The van der Waals surface area contributed by atoms with Crippen LogP contribution in [0.4, 0.5) is 23.7 Å². The van der Waals surface area contributed by atoms with Crippen LogP contribution in [0.25, 0.3) is 0 Å². The number of carbonyl (C=O) groups excluding carboxylic acids is 1. The Morgan fingerprint density at radius 1 is 1.42 bits per heavy atom. The molecule has 2 amide bonds. The lowest BCUT2D eigenvalue weighted by Crippen LogP contribution is -2.33. The highest BCUT2D eigenvalue weighted by molar-refractivity contribution is 5.89. The first-order valence-electron chi connectivity index (χ1n) is 5.74. The van der Waals surface area contributed by atoms with Gasteiger partial charge >= 0.3 is 12.2 Å². The zero-order chi connectivity index (χ0) is 14.5. The fraction of sp³-hybridized carbons (Fsp3) is 0.417. The summed E-state index contributed by atoms with van der Waals surface area (Å²) < 4.78 is 37.5.